The molecule has 2 amide bonds. The minimum Gasteiger partial charge on any atom is -0.444 e. The van der Waals surface area contributed by atoms with E-state index in [0.29, 0.717) is 24.4 Å². The number of benzene rings is 2. The van der Waals surface area contributed by atoms with Crippen LogP contribution in [0.25, 0.3) is 32.1 Å². The number of thiophene rings is 1. The van der Waals surface area contributed by atoms with Crippen LogP contribution in [0.1, 0.15) is 65.5 Å². The van der Waals surface area contributed by atoms with Gasteiger partial charge in [-0.3, -0.25) is 15.3 Å². The number of H-pyrrole nitrogens is 1. The average molecular weight is 687 g/mol. The maximum absolute atomic E-state index is 15.1. The van der Waals surface area contributed by atoms with Crippen LogP contribution in [0.5, 0.6) is 0 Å². The fourth-order valence-corrected chi connectivity index (χ4v) is 7.49. The molecule has 4 aromatic rings. The monoisotopic (exact) mass is 686 g/mol. The number of anilines is 2. The number of fused-ring (bicyclic) bond motifs is 4. The van der Waals surface area contributed by atoms with Gasteiger partial charge in [0.2, 0.25) is 0 Å². The van der Waals surface area contributed by atoms with E-state index < -0.39 is 40.9 Å². The molecule has 254 valence electrons. The summed E-state index contributed by atoms with van der Waals surface area (Å²) in [4.78, 5) is 29.1. The predicted octanol–water partition coefficient (Wildman–Crippen LogP) is 8.41. The number of aromatic amines is 1. The fourth-order valence-electron chi connectivity index (χ4n) is 6.42. The normalized spacial score (nSPS) is 18.4. The zero-order chi connectivity index (χ0) is 34.9. The molecule has 2 fully saturated rings. The number of alkyl halides is 3. The van der Waals surface area contributed by atoms with Gasteiger partial charge in [0.1, 0.15) is 28.1 Å². The van der Waals surface area contributed by atoms with E-state index in [1.807, 2.05) is 11.0 Å². The summed E-state index contributed by atoms with van der Waals surface area (Å²) >= 11 is 0.735. The van der Waals surface area contributed by atoms with Crippen molar-refractivity contribution < 1.29 is 36.6 Å². The Morgan fingerprint density at radius 3 is 2.25 bits per heavy atom. The van der Waals surface area contributed by atoms with E-state index in [9.17, 15) is 28.0 Å². The molecule has 15 heteroatoms. The lowest BCUT2D eigenvalue weighted by atomic mass is 9.93. The largest absolute Gasteiger partial charge is 0.444 e. The number of hydrogen-bond acceptors (Lipinski definition) is 8. The van der Waals surface area contributed by atoms with Crippen molar-refractivity contribution >= 4 is 55.3 Å². The van der Waals surface area contributed by atoms with Crippen molar-refractivity contribution in [2.45, 2.75) is 83.8 Å². The minimum absolute atomic E-state index is 0.0363. The first kappa shape index (κ1) is 33.3. The van der Waals surface area contributed by atoms with E-state index >= 15 is 4.39 Å². The summed E-state index contributed by atoms with van der Waals surface area (Å²) in [6.45, 7) is 11.0. The van der Waals surface area contributed by atoms with Gasteiger partial charge in [-0.1, -0.05) is 6.07 Å². The highest BCUT2D eigenvalue weighted by Crippen LogP contribution is 2.47. The van der Waals surface area contributed by atoms with Crippen molar-refractivity contribution in [3.63, 3.8) is 0 Å². The summed E-state index contributed by atoms with van der Waals surface area (Å²) in [6.07, 6.45) is -4.68. The van der Waals surface area contributed by atoms with Crippen molar-refractivity contribution in [3.05, 3.63) is 41.2 Å². The summed E-state index contributed by atoms with van der Waals surface area (Å²) in [5, 5.41) is 19.9. The van der Waals surface area contributed by atoms with Crippen LogP contribution in [0.2, 0.25) is 0 Å². The molecule has 2 bridgehead atoms. The van der Waals surface area contributed by atoms with Crippen LogP contribution in [0.15, 0.2) is 24.3 Å². The Morgan fingerprint density at radius 2 is 1.67 bits per heavy atom. The molecule has 2 aromatic carbocycles. The third-order valence-electron chi connectivity index (χ3n) is 8.18. The topological polar surface area (TPSA) is 124 Å². The van der Waals surface area contributed by atoms with Crippen molar-refractivity contribution in [2.24, 2.45) is 0 Å². The van der Waals surface area contributed by atoms with E-state index in [0.717, 1.165) is 36.3 Å². The molecule has 2 atom stereocenters. The van der Waals surface area contributed by atoms with Crippen LogP contribution in [0, 0.1) is 17.1 Å². The van der Waals surface area contributed by atoms with Crippen LogP contribution >= 0.6 is 11.3 Å². The first-order valence-corrected chi connectivity index (χ1v) is 16.2. The molecule has 2 aromatic heterocycles. The highest BCUT2D eigenvalue weighted by Gasteiger charge is 2.45. The number of rotatable bonds is 3. The number of nitrogens with zero attached hydrogens (tertiary/aromatic N) is 4. The maximum Gasteiger partial charge on any atom is 0.417 e. The van der Waals surface area contributed by atoms with Crippen LogP contribution in [-0.2, 0) is 15.7 Å². The van der Waals surface area contributed by atoms with Crippen molar-refractivity contribution in [1.29, 1.82) is 5.26 Å². The van der Waals surface area contributed by atoms with Gasteiger partial charge in [-0.05, 0) is 83.7 Å². The van der Waals surface area contributed by atoms with E-state index in [1.165, 1.54) is 12.1 Å². The van der Waals surface area contributed by atoms with Crippen molar-refractivity contribution in [3.8, 4) is 17.2 Å². The molecule has 2 aliphatic heterocycles. The SMILES string of the molecule is CC(C)(C)OC(=O)Nc1sc2c(F)ccc(-c3cc4[nH]nc(N5CC6CCC(C5)N6C(=O)OC(C)(C)C)c4cc3C(F)(F)F)c2c1C#N. The summed E-state index contributed by atoms with van der Waals surface area (Å²) in [5.41, 5.74) is -2.75. The van der Waals surface area contributed by atoms with Gasteiger partial charge in [0.25, 0.3) is 0 Å². The van der Waals surface area contributed by atoms with E-state index in [1.54, 1.807) is 46.4 Å². The summed E-state index contributed by atoms with van der Waals surface area (Å²) in [7, 11) is 0. The predicted molar refractivity (Wildman–Crippen MR) is 174 cm³/mol. The molecule has 2 aliphatic rings. The first-order chi connectivity index (χ1) is 22.3. The lowest BCUT2D eigenvalue weighted by Crippen LogP contribution is -2.57. The molecule has 0 saturated carbocycles. The second-order valence-electron chi connectivity index (χ2n) is 14.0. The Hall–Kier alpha value is -4.58. The second-order valence-corrected chi connectivity index (χ2v) is 15.0. The van der Waals surface area contributed by atoms with Gasteiger partial charge >= 0.3 is 18.4 Å². The highest BCUT2D eigenvalue weighted by atomic mass is 32.1. The summed E-state index contributed by atoms with van der Waals surface area (Å²) < 4.78 is 70.4. The zero-order valence-electron chi connectivity index (χ0n) is 27.1. The number of aromatic nitrogens is 2. The molecule has 6 rings (SSSR count). The Kier molecular flexibility index (Phi) is 8.01. The molecule has 2 N–H and O–H groups in total. The average Bonchev–Trinajstić information content (AvgIpc) is 3.61. The molecule has 10 nitrogen and oxygen atoms in total. The molecule has 0 radical (unpaired) electrons. The smallest absolute Gasteiger partial charge is 0.417 e. The van der Waals surface area contributed by atoms with Crippen molar-refractivity contribution in [1.82, 2.24) is 15.1 Å². The number of nitrogens with one attached hydrogen (secondary N) is 2. The van der Waals surface area contributed by atoms with Crippen molar-refractivity contribution in [2.75, 3.05) is 23.3 Å². The molecular weight excluding hydrogens is 652 g/mol. The lowest BCUT2D eigenvalue weighted by molar-refractivity contribution is -0.137. The second kappa shape index (κ2) is 11.5. The van der Waals surface area contributed by atoms with Gasteiger partial charge in [-0.2, -0.15) is 23.5 Å². The van der Waals surface area contributed by atoms with Crippen LogP contribution in [0.3, 0.4) is 0 Å². The fraction of sp³-hybridized carbons (Fsp3) is 0.455. The Labute approximate surface area is 277 Å². The number of nitriles is 1. The summed E-state index contributed by atoms with van der Waals surface area (Å²) in [6, 6.07) is 6.10. The lowest BCUT2D eigenvalue weighted by Gasteiger charge is -2.41. The number of amides is 2. The van der Waals surface area contributed by atoms with Gasteiger partial charge in [-0.25, -0.2) is 14.0 Å². The Morgan fingerprint density at radius 1 is 1.02 bits per heavy atom. The number of carbonyl (C=O) groups excluding carboxylic acids is 2. The molecule has 0 spiro atoms. The quantitative estimate of drug-likeness (QED) is 0.208. The van der Waals surface area contributed by atoms with Gasteiger partial charge in [-0.15, -0.1) is 11.3 Å². The third kappa shape index (κ3) is 6.21. The van der Waals surface area contributed by atoms with E-state index in [2.05, 4.69) is 15.5 Å². The molecule has 2 saturated heterocycles. The highest BCUT2D eigenvalue weighted by molar-refractivity contribution is 7.23. The minimum atomic E-state index is -4.84. The summed E-state index contributed by atoms with van der Waals surface area (Å²) in [5.74, 6) is -0.435. The van der Waals surface area contributed by atoms with E-state index in [4.69, 9.17) is 9.47 Å². The van der Waals surface area contributed by atoms with Crippen LogP contribution in [-0.4, -0.2) is 63.7 Å². The standard InChI is InChI=1S/C33H34F4N6O4S/c1-31(2,3)46-29(44)39-28-21(13-38)25-18(9-10-23(34)26(25)48-28)19-12-24-20(11-22(19)33(35,36)37)27(41-40-24)42-14-16-7-8-17(15-42)43(16)30(45)47-32(4,5)6/h9-12,16-17H,7-8,14-15H2,1-6H3,(H,39,44)(H,40,41). The van der Waals surface area contributed by atoms with E-state index in [-0.39, 0.29) is 49.2 Å². The molecule has 2 unspecified atom stereocenters. The molecule has 48 heavy (non-hydrogen) atoms. The van der Waals surface area contributed by atoms with Gasteiger partial charge in [0.15, 0.2) is 5.82 Å². The Bertz CT molecular complexity index is 1970. The number of piperazine rings is 1. The molecule has 4 heterocycles. The van der Waals surface area contributed by atoms with Crippen LogP contribution in [0.4, 0.5) is 38.0 Å². The first-order valence-electron chi connectivity index (χ1n) is 15.4. The Balaban J connectivity index is 1.41. The van der Waals surface area contributed by atoms with Gasteiger partial charge in [0, 0.05) is 23.9 Å². The zero-order valence-corrected chi connectivity index (χ0v) is 28.0. The third-order valence-corrected chi connectivity index (χ3v) is 9.29. The van der Waals surface area contributed by atoms with Gasteiger partial charge in [0.05, 0.1) is 33.4 Å². The number of hydrogen-bond donors (Lipinski definition) is 2. The van der Waals surface area contributed by atoms with Gasteiger partial charge < -0.3 is 14.4 Å². The molecule has 0 aliphatic carbocycles. The van der Waals surface area contributed by atoms with Crippen LogP contribution < -0.4 is 10.2 Å². The maximum atomic E-state index is 15.1. The molecular formula is C33H34F4N6O4S. The number of halogens is 4. The number of carbonyl (C=O) groups is 2. The number of ether oxygens (including phenoxy) is 2.